The van der Waals surface area contributed by atoms with Crippen molar-refractivity contribution in [1.82, 2.24) is 4.90 Å². The highest BCUT2D eigenvalue weighted by atomic mass is 16.5. The molecule has 32 heavy (non-hydrogen) atoms. The first-order chi connectivity index (χ1) is 15.5. The minimum atomic E-state index is -0.724. The second-order valence-electron chi connectivity index (χ2n) is 7.55. The van der Waals surface area contributed by atoms with Gasteiger partial charge < -0.3 is 19.8 Å². The van der Waals surface area contributed by atoms with Crippen LogP contribution in [0.1, 0.15) is 22.7 Å². The van der Waals surface area contributed by atoms with Crippen LogP contribution in [-0.2, 0) is 16.0 Å². The van der Waals surface area contributed by atoms with E-state index < -0.39 is 17.7 Å². The summed E-state index contributed by atoms with van der Waals surface area (Å²) in [5.41, 5.74) is 2.16. The smallest absolute Gasteiger partial charge is 0.295 e. The van der Waals surface area contributed by atoms with Gasteiger partial charge in [0, 0.05) is 12.1 Å². The fraction of sp³-hybridized carbons (Fsp3) is 0.154. The number of ether oxygens (including phenoxy) is 1. The second kappa shape index (κ2) is 8.98. The van der Waals surface area contributed by atoms with Gasteiger partial charge in [-0.25, -0.2) is 0 Å². The standard InChI is InChI=1S/C26H23NO5/c1-32-21-13-9-18(10-14-21)23-22(24(29)19-5-3-2-4-6-19)25(30)26(31)27(23)16-15-17-7-11-20(28)12-8-17/h2-14,23,28-29H,15-16H2,1H3. The quantitative estimate of drug-likeness (QED) is 0.351. The topological polar surface area (TPSA) is 87.1 Å². The Morgan fingerprint density at radius 3 is 2.22 bits per heavy atom. The van der Waals surface area contributed by atoms with E-state index in [1.165, 1.54) is 4.90 Å². The van der Waals surface area contributed by atoms with Crippen molar-refractivity contribution in [1.29, 1.82) is 0 Å². The summed E-state index contributed by atoms with van der Waals surface area (Å²) in [6.07, 6.45) is 0.491. The van der Waals surface area contributed by atoms with Gasteiger partial charge in [-0.2, -0.15) is 0 Å². The molecule has 0 bridgehead atoms. The Balaban J connectivity index is 1.75. The Bertz CT molecular complexity index is 1150. The molecule has 1 aliphatic rings. The average molecular weight is 429 g/mol. The summed E-state index contributed by atoms with van der Waals surface area (Å²) < 4.78 is 5.23. The summed E-state index contributed by atoms with van der Waals surface area (Å²) >= 11 is 0. The van der Waals surface area contributed by atoms with Crippen LogP contribution in [0.3, 0.4) is 0 Å². The molecule has 6 nitrogen and oxygen atoms in total. The summed E-state index contributed by atoms with van der Waals surface area (Å²) in [7, 11) is 1.56. The van der Waals surface area contributed by atoms with Crippen molar-refractivity contribution in [3.8, 4) is 11.5 Å². The van der Waals surface area contributed by atoms with Crippen molar-refractivity contribution in [3.05, 3.63) is 101 Å². The number of carbonyl (C=O) groups is 2. The first-order valence-electron chi connectivity index (χ1n) is 10.3. The zero-order chi connectivity index (χ0) is 22.7. The molecule has 0 spiro atoms. The Hall–Kier alpha value is -4.06. The minimum absolute atomic E-state index is 0.0667. The van der Waals surface area contributed by atoms with E-state index in [0.29, 0.717) is 23.3 Å². The van der Waals surface area contributed by atoms with Crippen LogP contribution in [0.15, 0.2) is 84.4 Å². The summed E-state index contributed by atoms with van der Waals surface area (Å²) in [4.78, 5) is 27.5. The molecule has 0 saturated carbocycles. The fourth-order valence-electron chi connectivity index (χ4n) is 3.91. The summed E-state index contributed by atoms with van der Waals surface area (Å²) in [5.74, 6) is -0.745. The number of hydrogen-bond acceptors (Lipinski definition) is 5. The van der Waals surface area contributed by atoms with Crippen LogP contribution in [0, 0.1) is 0 Å². The number of aromatic hydroxyl groups is 1. The van der Waals surface area contributed by atoms with E-state index in [4.69, 9.17) is 4.74 Å². The third-order valence-electron chi connectivity index (χ3n) is 5.60. The van der Waals surface area contributed by atoms with Gasteiger partial charge in [0.1, 0.15) is 17.3 Å². The van der Waals surface area contributed by atoms with Crippen molar-refractivity contribution in [3.63, 3.8) is 0 Å². The molecular weight excluding hydrogens is 406 g/mol. The molecule has 1 fully saturated rings. The van der Waals surface area contributed by atoms with Crippen molar-refractivity contribution in [2.24, 2.45) is 0 Å². The molecule has 2 N–H and O–H groups in total. The van der Waals surface area contributed by atoms with Crippen LogP contribution >= 0.6 is 0 Å². The van der Waals surface area contributed by atoms with Crippen molar-refractivity contribution >= 4 is 17.4 Å². The lowest BCUT2D eigenvalue weighted by Gasteiger charge is -2.25. The monoisotopic (exact) mass is 429 g/mol. The largest absolute Gasteiger partial charge is 0.508 e. The Labute approximate surface area is 186 Å². The minimum Gasteiger partial charge on any atom is -0.508 e. The number of ketones is 1. The van der Waals surface area contributed by atoms with Gasteiger partial charge in [-0.3, -0.25) is 9.59 Å². The first kappa shape index (κ1) is 21.2. The van der Waals surface area contributed by atoms with Crippen molar-refractivity contribution in [2.75, 3.05) is 13.7 Å². The van der Waals surface area contributed by atoms with E-state index in [2.05, 4.69) is 0 Å². The van der Waals surface area contributed by atoms with Crippen molar-refractivity contribution < 1.29 is 24.5 Å². The number of carbonyl (C=O) groups excluding carboxylic acids is 2. The molecule has 0 aliphatic carbocycles. The van der Waals surface area contributed by atoms with Gasteiger partial charge in [-0.15, -0.1) is 0 Å². The number of phenols is 1. The highest BCUT2D eigenvalue weighted by molar-refractivity contribution is 6.46. The molecule has 1 heterocycles. The molecule has 6 heteroatoms. The number of benzene rings is 3. The average Bonchev–Trinajstić information content (AvgIpc) is 3.08. The van der Waals surface area contributed by atoms with E-state index in [1.807, 2.05) is 6.07 Å². The third kappa shape index (κ3) is 4.07. The molecule has 4 rings (SSSR count). The van der Waals surface area contributed by atoms with E-state index in [-0.39, 0.29) is 23.6 Å². The van der Waals surface area contributed by atoms with Crippen LogP contribution in [0.5, 0.6) is 11.5 Å². The molecule has 3 aromatic rings. The Morgan fingerprint density at radius 2 is 1.59 bits per heavy atom. The van der Waals surface area contributed by atoms with E-state index in [1.54, 1.807) is 79.9 Å². The lowest BCUT2D eigenvalue weighted by atomic mass is 9.95. The molecular formula is C26H23NO5. The van der Waals surface area contributed by atoms with Crippen LogP contribution in [0.2, 0.25) is 0 Å². The molecule has 1 atom stereocenters. The highest BCUT2D eigenvalue weighted by Gasteiger charge is 2.45. The van der Waals surface area contributed by atoms with Crippen LogP contribution in [-0.4, -0.2) is 40.5 Å². The molecule has 3 aromatic carbocycles. The Kier molecular flexibility index (Phi) is 5.94. The van der Waals surface area contributed by atoms with E-state index in [9.17, 15) is 19.8 Å². The maximum Gasteiger partial charge on any atom is 0.295 e. The SMILES string of the molecule is COc1ccc(C2C(=C(O)c3ccccc3)C(=O)C(=O)N2CCc2ccc(O)cc2)cc1. The Morgan fingerprint density at radius 1 is 0.938 bits per heavy atom. The van der Waals surface area contributed by atoms with E-state index >= 15 is 0 Å². The van der Waals surface area contributed by atoms with Gasteiger partial charge in [-0.1, -0.05) is 54.6 Å². The number of rotatable bonds is 6. The maximum absolute atomic E-state index is 13.0. The number of hydrogen-bond donors (Lipinski definition) is 2. The summed E-state index contributed by atoms with van der Waals surface area (Å²) in [6.45, 7) is 0.275. The number of likely N-dealkylation sites (tertiary alicyclic amines) is 1. The van der Waals surface area contributed by atoms with Gasteiger partial charge in [0.25, 0.3) is 11.7 Å². The molecule has 0 radical (unpaired) electrons. The number of Topliss-reactive ketones (excluding diaryl/α,β-unsaturated/α-hetero) is 1. The predicted octanol–water partition coefficient (Wildman–Crippen LogP) is 4.07. The van der Waals surface area contributed by atoms with E-state index in [0.717, 1.165) is 5.56 Å². The second-order valence-corrected chi connectivity index (χ2v) is 7.55. The molecule has 1 unspecified atom stereocenters. The number of amides is 1. The normalized spacial score (nSPS) is 17.5. The van der Waals surface area contributed by atoms with Gasteiger partial charge in [0.2, 0.25) is 0 Å². The zero-order valence-corrected chi connectivity index (χ0v) is 17.6. The summed E-state index contributed by atoms with van der Waals surface area (Å²) in [6, 6.07) is 21.8. The number of aliphatic hydroxyl groups is 1. The maximum atomic E-state index is 13.0. The molecule has 162 valence electrons. The van der Waals surface area contributed by atoms with Crippen molar-refractivity contribution in [2.45, 2.75) is 12.5 Å². The molecule has 0 aromatic heterocycles. The van der Waals surface area contributed by atoms with Gasteiger partial charge in [0.15, 0.2) is 0 Å². The molecule has 1 aliphatic heterocycles. The summed E-state index contributed by atoms with van der Waals surface area (Å²) in [5, 5.41) is 20.5. The fourth-order valence-corrected chi connectivity index (χ4v) is 3.91. The number of methoxy groups -OCH3 is 1. The van der Waals surface area contributed by atoms with Crippen LogP contribution in [0.4, 0.5) is 0 Å². The van der Waals surface area contributed by atoms with Crippen LogP contribution < -0.4 is 4.74 Å². The molecule has 1 amide bonds. The molecule has 1 saturated heterocycles. The zero-order valence-electron chi connectivity index (χ0n) is 17.6. The van der Waals surface area contributed by atoms with Gasteiger partial charge in [0.05, 0.1) is 18.7 Å². The highest BCUT2D eigenvalue weighted by Crippen LogP contribution is 2.39. The lowest BCUT2D eigenvalue weighted by molar-refractivity contribution is -0.139. The third-order valence-corrected chi connectivity index (χ3v) is 5.60. The number of phenolic OH excluding ortho intramolecular Hbond substituents is 1. The number of aliphatic hydroxyl groups excluding tert-OH is 1. The van der Waals surface area contributed by atoms with Gasteiger partial charge in [-0.05, 0) is 41.8 Å². The van der Waals surface area contributed by atoms with Gasteiger partial charge >= 0.3 is 0 Å². The van der Waals surface area contributed by atoms with Crippen LogP contribution in [0.25, 0.3) is 5.76 Å². The predicted molar refractivity (Wildman–Crippen MR) is 120 cm³/mol. The first-order valence-corrected chi connectivity index (χ1v) is 10.3. The number of nitrogens with zero attached hydrogens (tertiary/aromatic N) is 1. The lowest BCUT2D eigenvalue weighted by Crippen LogP contribution is -2.31.